The molecule has 1 aliphatic carbocycles. The van der Waals surface area contributed by atoms with Gasteiger partial charge in [-0.05, 0) is 37.5 Å². The van der Waals surface area contributed by atoms with Gasteiger partial charge >= 0.3 is 0 Å². The van der Waals surface area contributed by atoms with Gasteiger partial charge in [-0.3, -0.25) is 10.1 Å². The van der Waals surface area contributed by atoms with E-state index >= 15 is 0 Å². The Morgan fingerprint density at radius 2 is 2.06 bits per heavy atom. The van der Waals surface area contributed by atoms with Crippen LogP contribution in [0.15, 0.2) is 0 Å². The lowest BCUT2D eigenvalue weighted by Gasteiger charge is -2.33. The second kappa shape index (κ2) is 6.05. The van der Waals surface area contributed by atoms with Crippen LogP contribution in [0, 0.1) is 11.8 Å². The van der Waals surface area contributed by atoms with Gasteiger partial charge in [-0.2, -0.15) is 0 Å². The zero-order chi connectivity index (χ0) is 13.1. The van der Waals surface area contributed by atoms with Crippen molar-refractivity contribution in [1.29, 1.82) is 0 Å². The summed E-state index contributed by atoms with van der Waals surface area (Å²) in [6.07, 6.45) is 7.66. The molecule has 0 aromatic heterocycles. The van der Waals surface area contributed by atoms with E-state index in [1.54, 1.807) is 0 Å². The maximum Gasteiger partial charge on any atom is 0.238 e. The molecule has 3 atom stereocenters. The SMILES string of the molecule is CC(C)CC1NCC(=O)N1C1CCCC(C)CC1. The quantitative estimate of drug-likeness (QED) is 0.783. The molecule has 0 aromatic carbocycles. The fourth-order valence-electron chi connectivity index (χ4n) is 3.42. The number of carbonyl (C=O) groups is 1. The summed E-state index contributed by atoms with van der Waals surface area (Å²) >= 11 is 0. The molecular weight excluding hydrogens is 224 g/mol. The minimum Gasteiger partial charge on any atom is -0.323 e. The highest BCUT2D eigenvalue weighted by Gasteiger charge is 2.36. The van der Waals surface area contributed by atoms with Crippen molar-refractivity contribution in [2.24, 2.45) is 11.8 Å². The Balaban J connectivity index is 2.01. The topological polar surface area (TPSA) is 32.3 Å². The van der Waals surface area contributed by atoms with Crippen molar-refractivity contribution in [1.82, 2.24) is 10.2 Å². The van der Waals surface area contributed by atoms with E-state index in [9.17, 15) is 4.79 Å². The number of nitrogens with zero attached hydrogens (tertiary/aromatic N) is 1. The molecule has 18 heavy (non-hydrogen) atoms. The Labute approximate surface area is 111 Å². The van der Waals surface area contributed by atoms with Crippen molar-refractivity contribution in [3.8, 4) is 0 Å². The normalized spacial score (nSPS) is 34.1. The summed E-state index contributed by atoms with van der Waals surface area (Å²) in [5.41, 5.74) is 0. The van der Waals surface area contributed by atoms with Gasteiger partial charge in [0.15, 0.2) is 0 Å². The van der Waals surface area contributed by atoms with Crippen LogP contribution >= 0.6 is 0 Å². The smallest absolute Gasteiger partial charge is 0.238 e. The van der Waals surface area contributed by atoms with Crippen LogP contribution in [-0.2, 0) is 4.79 Å². The van der Waals surface area contributed by atoms with Gasteiger partial charge in [0, 0.05) is 6.04 Å². The monoisotopic (exact) mass is 252 g/mol. The predicted octanol–water partition coefficient (Wildman–Crippen LogP) is 2.76. The molecule has 1 saturated carbocycles. The van der Waals surface area contributed by atoms with Gasteiger partial charge in [0.1, 0.15) is 0 Å². The second-order valence-corrected chi connectivity index (χ2v) is 6.59. The van der Waals surface area contributed by atoms with Crippen LogP contribution in [0.3, 0.4) is 0 Å². The molecule has 3 unspecified atom stereocenters. The van der Waals surface area contributed by atoms with Crippen molar-refractivity contribution in [3.63, 3.8) is 0 Å². The lowest BCUT2D eigenvalue weighted by atomic mass is 10.0. The molecule has 104 valence electrons. The van der Waals surface area contributed by atoms with E-state index in [4.69, 9.17) is 0 Å². The largest absolute Gasteiger partial charge is 0.323 e. The van der Waals surface area contributed by atoms with E-state index in [0.717, 1.165) is 12.3 Å². The summed E-state index contributed by atoms with van der Waals surface area (Å²) in [5, 5.41) is 3.39. The molecule has 0 bridgehead atoms. The first-order valence-electron chi connectivity index (χ1n) is 7.62. The lowest BCUT2D eigenvalue weighted by molar-refractivity contribution is -0.130. The Kier molecular flexibility index (Phi) is 4.66. The first kappa shape index (κ1) is 13.9. The summed E-state index contributed by atoms with van der Waals surface area (Å²) in [6.45, 7) is 7.36. The fraction of sp³-hybridized carbons (Fsp3) is 0.933. The summed E-state index contributed by atoms with van der Waals surface area (Å²) in [7, 11) is 0. The zero-order valence-corrected chi connectivity index (χ0v) is 12.1. The van der Waals surface area contributed by atoms with Crippen LogP contribution in [0.5, 0.6) is 0 Å². The van der Waals surface area contributed by atoms with Crippen molar-refractivity contribution < 1.29 is 4.79 Å². The molecule has 1 N–H and O–H groups in total. The average molecular weight is 252 g/mol. The second-order valence-electron chi connectivity index (χ2n) is 6.59. The summed E-state index contributed by atoms with van der Waals surface area (Å²) in [5.74, 6) is 1.80. The van der Waals surface area contributed by atoms with Crippen molar-refractivity contribution in [2.75, 3.05) is 6.54 Å². The van der Waals surface area contributed by atoms with Crippen LogP contribution in [0.4, 0.5) is 0 Å². The molecular formula is C15H28N2O. The average Bonchev–Trinajstić information content (AvgIpc) is 2.52. The molecule has 2 rings (SSSR count). The Hall–Kier alpha value is -0.570. The molecule has 0 radical (unpaired) electrons. The van der Waals surface area contributed by atoms with Crippen LogP contribution in [0.25, 0.3) is 0 Å². The van der Waals surface area contributed by atoms with E-state index in [2.05, 4.69) is 31.0 Å². The maximum atomic E-state index is 12.1. The Morgan fingerprint density at radius 1 is 1.28 bits per heavy atom. The highest BCUT2D eigenvalue weighted by molar-refractivity contribution is 5.81. The zero-order valence-electron chi connectivity index (χ0n) is 12.1. The minimum atomic E-state index is 0.288. The molecule has 0 aromatic rings. The first-order valence-corrected chi connectivity index (χ1v) is 7.62. The van der Waals surface area contributed by atoms with Crippen LogP contribution in [0.1, 0.15) is 59.3 Å². The third-order valence-electron chi connectivity index (χ3n) is 4.43. The van der Waals surface area contributed by atoms with Gasteiger partial charge < -0.3 is 4.90 Å². The third-order valence-corrected chi connectivity index (χ3v) is 4.43. The Bertz CT molecular complexity index is 290. The molecule has 1 amide bonds. The molecule has 3 heteroatoms. The van der Waals surface area contributed by atoms with Crippen LogP contribution in [0.2, 0.25) is 0 Å². The molecule has 1 saturated heterocycles. The van der Waals surface area contributed by atoms with Gasteiger partial charge in [-0.25, -0.2) is 0 Å². The third kappa shape index (κ3) is 3.25. The number of amides is 1. The van der Waals surface area contributed by atoms with Gasteiger partial charge in [0.05, 0.1) is 12.7 Å². The van der Waals surface area contributed by atoms with Crippen LogP contribution in [-0.4, -0.2) is 29.6 Å². The molecule has 3 nitrogen and oxygen atoms in total. The molecule has 1 heterocycles. The molecule has 2 aliphatic rings. The summed E-state index contributed by atoms with van der Waals surface area (Å²) in [4.78, 5) is 14.3. The number of nitrogens with one attached hydrogen (secondary N) is 1. The van der Waals surface area contributed by atoms with E-state index < -0.39 is 0 Å². The summed E-state index contributed by atoms with van der Waals surface area (Å²) < 4.78 is 0. The standard InChI is InChI=1S/C15H28N2O/c1-11(2)9-14-16-10-15(18)17(14)13-6-4-5-12(3)7-8-13/h11-14,16H,4-10H2,1-3H3. The van der Waals surface area contributed by atoms with E-state index in [1.165, 1.54) is 32.1 Å². The fourth-order valence-corrected chi connectivity index (χ4v) is 3.42. The lowest BCUT2D eigenvalue weighted by Crippen LogP contribution is -2.45. The van der Waals surface area contributed by atoms with Gasteiger partial charge in [-0.15, -0.1) is 0 Å². The van der Waals surface area contributed by atoms with Gasteiger partial charge in [-0.1, -0.05) is 33.6 Å². The van der Waals surface area contributed by atoms with E-state index in [0.29, 0.717) is 24.4 Å². The first-order chi connectivity index (χ1) is 8.58. The number of carbonyl (C=O) groups excluding carboxylic acids is 1. The minimum absolute atomic E-state index is 0.288. The molecule has 2 fully saturated rings. The molecule has 0 spiro atoms. The molecule has 1 aliphatic heterocycles. The highest BCUT2D eigenvalue weighted by Crippen LogP contribution is 2.29. The number of hydrogen-bond donors (Lipinski definition) is 1. The predicted molar refractivity (Wildman–Crippen MR) is 74.1 cm³/mol. The van der Waals surface area contributed by atoms with Crippen molar-refractivity contribution in [2.45, 2.75) is 71.5 Å². The van der Waals surface area contributed by atoms with Crippen LogP contribution < -0.4 is 5.32 Å². The van der Waals surface area contributed by atoms with E-state index in [1.807, 2.05) is 0 Å². The number of hydrogen-bond acceptors (Lipinski definition) is 2. The van der Waals surface area contributed by atoms with Gasteiger partial charge in [0.2, 0.25) is 5.91 Å². The van der Waals surface area contributed by atoms with Gasteiger partial charge in [0.25, 0.3) is 0 Å². The van der Waals surface area contributed by atoms with E-state index in [-0.39, 0.29) is 6.17 Å². The van der Waals surface area contributed by atoms with Crippen molar-refractivity contribution >= 4 is 5.91 Å². The Morgan fingerprint density at radius 3 is 2.78 bits per heavy atom. The van der Waals surface area contributed by atoms with Crippen molar-refractivity contribution in [3.05, 3.63) is 0 Å². The highest BCUT2D eigenvalue weighted by atomic mass is 16.2. The summed E-state index contributed by atoms with van der Waals surface area (Å²) in [6, 6.07) is 0.487. The number of rotatable bonds is 3. The maximum absolute atomic E-state index is 12.1.